The van der Waals surface area contributed by atoms with Crippen LogP contribution in [-0.2, 0) is 46.2 Å². The highest BCUT2D eigenvalue weighted by atomic mass is 32.2. The van der Waals surface area contributed by atoms with Crippen LogP contribution in [0.15, 0.2) is 241 Å². The molecule has 0 radical (unpaired) electrons. The molecule has 0 bridgehead atoms. The van der Waals surface area contributed by atoms with Crippen molar-refractivity contribution in [3.8, 4) is 0 Å². The zero-order valence-electron chi connectivity index (χ0n) is 66.6. The quantitative estimate of drug-likeness (QED) is 0.0266. The molecule has 0 aliphatic carbocycles. The van der Waals surface area contributed by atoms with E-state index in [9.17, 15) is 42.0 Å². The Balaban J connectivity index is 0.000000134. The van der Waals surface area contributed by atoms with Crippen LogP contribution in [-0.4, -0.2) is 187 Å². The highest BCUT2D eigenvalue weighted by molar-refractivity contribution is 7.89. The number of primary sulfonamides is 2. The summed E-state index contributed by atoms with van der Waals surface area (Å²) >= 11 is 0. The van der Waals surface area contributed by atoms with Crippen molar-refractivity contribution >= 4 is 122 Å². The van der Waals surface area contributed by atoms with Crippen LogP contribution in [0.1, 0.15) is 73.6 Å². The summed E-state index contributed by atoms with van der Waals surface area (Å²) in [6.45, 7) is 19.5. The van der Waals surface area contributed by atoms with E-state index in [0.29, 0.717) is 35.6 Å². The number of hydrogen-bond acceptors (Lipinski definition) is 17. The van der Waals surface area contributed by atoms with Crippen molar-refractivity contribution in [2.24, 2.45) is 10.3 Å². The Morgan fingerprint density at radius 3 is 1.15 bits per heavy atom. The third-order valence-corrected chi connectivity index (χ3v) is 25.0. The molecule has 0 spiro atoms. The molecule has 4 aliphatic rings. The topological polar surface area (TPSA) is 298 Å². The fourth-order valence-electron chi connectivity index (χ4n) is 17.0. The number of anilines is 4. The number of H-pyrrole nitrogens is 2. The summed E-state index contributed by atoms with van der Waals surface area (Å²) in [5, 5.41) is 67.9. The van der Waals surface area contributed by atoms with Gasteiger partial charge in [-0.05, 0) is 263 Å². The number of piperidine rings is 4. The highest BCUT2D eigenvalue weighted by Gasteiger charge is 2.33. The number of benzene rings is 8. The molecule has 0 atom stereocenters. The number of sulfonamides is 2. The fraction of sp³-hybridized carbons (Fsp3) is 0.341. The molecule has 115 heavy (non-hydrogen) atoms. The number of rotatable bonds is 23. The Morgan fingerprint density at radius 1 is 0.383 bits per heavy atom. The monoisotopic (exact) mass is 1590 g/mol. The molecular formula is C85H109B5N14O9S2. The van der Waals surface area contributed by atoms with E-state index in [2.05, 4.69) is 201 Å². The molecule has 8 aromatic carbocycles. The second-order valence-electron chi connectivity index (χ2n) is 31.2. The molecular weight excluding hydrogens is 1480 g/mol. The number of aromatic nitrogens is 4. The molecule has 600 valence electrons. The van der Waals surface area contributed by atoms with E-state index in [4.69, 9.17) is 10.3 Å². The summed E-state index contributed by atoms with van der Waals surface area (Å²) in [4.78, 5) is 22.4. The predicted molar refractivity (Wildman–Crippen MR) is 473 cm³/mol. The summed E-state index contributed by atoms with van der Waals surface area (Å²) in [5.74, 6) is 0. The van der Waals surface area contributed by atoms with Gasteiger partial charge in [0, 0.05) is 123 Å². The van der Waals surface area contributed by atoms with Crippen LogP contribution in [0.3, 0.4) is 0 Å². The van der Waals surface area contributed by atoms with E-state index < -0.39 is 41.2 Å². The molecule has 4 aromatic heterocycles. The first-order valence-corrected chi connectivity index (χ1v) is 43.5. The van der Waals surface area contributed by atoms with Crippen molar-refractivity contribution in [3.05, 3.63) is 253 Å². The minimum absolute atomic E-state index is 0.0473. The average molecular weight is 1590 g/mol. The lowest BCUT2D eigenvalue weighted by atomic mass is 9.82. The lowest BCUT2D eigenvalue weighted by Gasteiger charge is -2.40. The second kappa shape index (κ2) is 38.3. The van der Waals surface area contributed by atoms with Crippen LogP contribution in [0.25, 0.3) is 43.6 Å². The van der Waals surface area contributed by atoms with Gasteiger partial charge in [0.15, 0.2) is 0 Å². The van der Waals surface area contributed by atoms with Crippen LogP contribution in [0.4, 0.5) is 22.7 Å². The molecule has 4 saturated heterocycles. The molecule has 4 fully saturated rings. The number of nitrogens with one attached hydrogen (secondary N) is 3. The van der Waals surface area contributed by atoms with Gasteiger partial charge in [0.2, 0.25) is 0 Å². The third kappa shape index (κ3) is 21.4. The SMILES string of the molecule is CB(O)N1CCC(N(Cc2ccccc2)c2ccc3[nH]ccc3c2)CC1.CB(O)N1CCC(N(Cc2ccccc2)c2ccc3c(c2)cc(S(N)(=O)=O)n3B(C)O)CC1.CB(O)N1CCC(N(Cc2ccccc2)c2ccc3c(ccn3B(C)O)c2)CC1.NS(=O)(=O)c1cc2cc(N(Cc3ccccc3)C3CCNCC3)ccc2[nH]1. The molecule has 12 aromatic rings. The summed E-state index contributed by atoms with van der Waals surface area (Å²) in [7, 11) is -10.5. The van der Waals surface area contributed by atoms with Crippen LogP contribution < -0.4 is 35.2 Å². The predicted octanol–water partition coefficient (Wildman–Crippen LogP) is 11.3. The van der Waals surface area contributed by atoms with Gasteiger partial charge in [-0.1, -0.05) is 121 Å². The summed E-state index contributed by atoms with van der Waals surface area (Å²) in [6.07, 6.45) is 12.1. The van der Waals surface area contributed by atoms with Crippen molar-refractivity contribution in [2.45, 2.75) is 146 Å². The Kier molecular flexibility index (Phi) is 27.9. The number of hydrogen-bond donors (Lipinski definition) is 10. The first kappa shape index (κ1) is 83.8. The van der Waals surface area contributed by atoms with E-state index >= 15 is 0 Å². The van der Waals surface area contributed by atoms with E-state index in [1.54, 1.807) is 19.7 Å². The zero-order chi connectivity index (χ0) is 80.9. The van der Waals surface area contributed by atoms with Gasteiger partial charge in [-0.3, -0.25) is 0 Å². The van der Waals surface area contributed by atoms with Crippen LogP contribution >= 0.6 is 0 Å². The fourth-order valence-corrected chi connectivity index (χ4v) is 18.3. The molecule has 23 nitrogen and oxygen atoms in total. The number of nitrogens with two attached hydrogens (primary N) is 2. The zero-order valence-corrected chi connectivity index (χ0v) is 68.3. The van der Waals surface area contributed by atoms with Gasteiger partial charge in [-0.15, -0.1) is 0 Å². The molecule has 8 heterocycles. The van der Waals surface area contributed by atoms with E-state index in [1.807, 2.05) is 85.1 Å². The van der Waals surface area contributed by atoms with Crippen LogP contribution in [0.2, 0.25) is 34.1 Å². The number of nitrogens with zero attached hydrogens (tertiary/aromatic N) is 9. The smallest absolute Gasteiger partial charge is 0.414 e. The molecule has 12 N–H and O–H groups in total. The van der Waals surface area contributed by atoms with Crippen molar-refractivity contribution < 1.29 is 42.0 Å². The van der Waals surface area contributed by atoms with Crippen molar-refractivity contribution in [1.29, 1.82) is 0 Å². The number of aromatic amines is 2. The van der Waals surface area contributed by atoms with Crippen molar-refractivity contribution in [3.63, 3.8) is 0 Å². The lowest BCUT2D eigenvalue weighted by molar-refractivity contribution is 0.281. The van der Waals surface area contributed by atoms with Gasteiger partial charge in [-0.2, -0.15) is 0 Å². The van der Waals surface area contributed by atoms with Gasteiger partial charge in [-0.25, -0.2) is 27.1 Å². The van der Waals surface area contributed by atoms with E-state index in [-0.39, 0.29) is 30.2 Å². The summed E-state index contributed by atoms with van der Waals surface area (Å²) < 4.78 is 50.8. The van der Waals surface area contributed by atoms with Gasteiger partial charge < -0.3 is 83.4 Å². The summed E-state index contributed by atoms with van der Waals surface area (Å²) in [6, 6.07) is 75.9. The average Bonchev–Trinajstić information content (AvgIpc) is 1.61. The molecule has 0 amide bonds. The van der Waals surface area contributed by atoms with E-state index in [0.717, 1.165) is 157 Å². The van der Waals surface area contributed by atoms with Crippen LogP contribution in [0.5, 0.6) is 0 Å². The Labute approximate surface area is 679 Å². The van der Waals surface area contributed by atoms with Gasteiger partial charge >= 0.3 is 35.3 Å². The maximum atomic E-state index is 12.1. The third-order valence-electron chi connectivity index (χ3n) is 23.2. The molecule has 30 heteroatoms. The van der Waals surface area contributed by atoms with Gasteiger partial charge in [0.05, 0.1) is 0 Å². The van der Waals surface area contributed by atoms with Gasteiger partial charge in [0.1, 0.15) is 10.1 Å². The minimum atomic E-state index is -4.00. The Morgan fingerprint density at radius 2 is 0.757 bits per heavy atom. The highest BCUT2D eigenvalue weighted by Crippen LogP contribution is 2.36. The van der Waals surface area contributed by atoms with Crippen molar-refractivity contribution in [2.75, 3.05) is 72.0 Å². The first-order chi connectivity index (χ1) is 55.4. The Hall–Kier alpha value is -9.10. The summed E-state index contributed by atoms with van der Waals surface area (Å²) in [5.41, 5.74) is 13.2. The van der Waals surface area contributed by atoms with Crippen LogP contribution in [0, 0.1) is 0 Å². The maximum Gasteiger partial charge on any atom is 0.414 e. The minimum Gasteiger partial charge on any atom is -0.437 e. The second-order valence-corrected chi connectivity index (χ2v) is 34.2. The largest absolute Gasteiger partial charge is 0.437 e. The standard InChI is InChI=1S/C22H30B2N4O4S.C22H29B2N3O2.C21H26BN3O.C20H24N4O2S/c1-23(29)26-12-10-19(11-13-26)27(16-17-6-4-3-5-7-17)20-8-9-21-18(14-20)15-22(33(25,31)32)28(21)24(2)30;1-23(28)25-13-11-20(12-14-25)26(17-18-6-4-3-5-7-18)21-8-9-22-19(16-21)10-15-27(22)24(2)29;1-22(26)24-13-10-19(11-14-24)25(16-17-5-3-2-4-6-17)20-7-8-21-18(15-20)9-12-23-21;21-27(25,26)20-13-16-12-18(6-7-19(16)23-20)24(17-8-10-22-11-9-17)14-15-4-2-1-3-5-15/h3-9,14-15,19,29-30H,10-13,16H2,1-2H3,(H2,25,31,32);3-10,15-16,20,28-29H,11-14,17H2,1-2H3;2-9,12,15,19,23,26H,10-11,13-14,16H2,1H3;1-7,12-13,17,22-23H,8-11,14H2,(H2,21,25,26). The molecule has 0 saturated carbocycles. The number of fused-ring (bicyclic) bond motifs is 4. The van der Waals surface area contributed by atoms with Crippen molar-refractivity contribution in [1.82, 2.24) is 38.7 Å². The Bertz CT molecular complexity index is 5330. The van der Waals surface area contributed by atoms with Gasteiger partial charge in [0.25, 0.3) is 20.0 Å². The molecule has 16 rings (SSSR count). The molecule has 4 aliphatic heterocycles. The van der Waals surface area contributed by atoms with E-state index in [1.165, 1.54) is 61.9 Å². The normalized spacial score (nSPS) is 15.8. The maximum absolute atomic E-state index is 12.1. The lowest BCUT2D eigenvalue weighted by Crippen LogP contribution is -2.49. The first-order valence-electron chi connectivity index (χ1n) is 40.5. The molecule has 0 unspecified atom stereocenters.